The maximum atomic E-state index is 12.1. The highest BCUT2D eigenvalue weighted by Gasteiger charge is 2.21. The Balaban J connectivity index is 2.41. The second-order valence-electron chi connectivity index (χ2n) is 3.76. The molecule has 0 fully saturated rings. The number of sulfonamides is 1. The summed E-state index contributed by atoms with van der Waals surface area (Å²) in [6, 6.07) is 3.48. The van der Waals surface area contributed by atoms with Crippen molar-refractivity contribution < 1.29 is 13.3 Å². The zero-order chi connectivity index (χ0) is 15.5. The minimum atomic E-state index is -4.04. The lowest BCUT2D eigenvalue weighted by Crippen LogP contribution is -2.15. The molecule has 11 heteroatoms. The smallest absolute Gasteiger partial charge is 0.293 e. The van der Waals surface area contributed by atoms with Gasteiger partial charge >= 0.3 is 0 Å². The molecule has 0 aliphatic carbocycles. The minimum Gasteiger partial charge on any atom is -0.383 e. The number of aromatic nitrogens is 3. The molecule has 0 bridgehead atoms. The molecule has 2 N–H and O–H groups in total. The zero-order valence-electron chi connectivity index (χ0n) is 10.7. The highest BCUT2D eigenvalue weighted by Crippen LogP contribution is 2.27. The molecule has 2 rings (SSSR count). The van der Waals surface area contributed by atoms with Crippen molar-refractivity contribution in [2.75, 3.05) is 17.1 Å². The van der Waals surface area contributed by atoms with Crippen molar-refractivity contribution >= 4 is 27.3 Å². The number of nitro groups is 1. The first-order valence-electron chi connectivity index (χ1n) is 5.57. The van der Waals surface area contributed by atoms with Gasteiger partial charge in [0.2, 0.25) is 0 Å². The lowest BCUT2D eigenvalue weighted by molar-refractivity contribution is -0.384. The number of anilines is 2. The molecular weight excluding hydrogens is 300 g/mol. The summed E-state index contributed by atoms with van der Waals surface area (Å²) in [6.07, 6.45) is 2.54. The van der Waals surface area contributed by atoms with Gasteiger partial charge in [-0.1, -0.05) is 0 Å². The Morgan fingerprint density at radius 3 is 2.62 bits per heavy atom. The van der Waals surface area contributed by atoms with Crippen molar-refractivity contribution in [1.29, 1.82) is 0 Å². The van der Waals surface area contributed by atoms with Gasteiger partial charge in [0.05, 0.1) is 22.2 Å². The predicted octanol–water partition coefficient (Wildman–Crippen LogP) is 0.622. The number of nitro benzene ring substituents is 1. The molecule has 0 saturated carbocycles. The Morgan fingerprint density at radius 1 is 1.29 bits per heavy atom. The van der Waals surface area contributed by atoms with Gasteiger partial charge in [-0.3, -0.25) is 10.1 Å². The largest absolute Gasteiger partial charge is 0.383 e. The third-order valence-corrected chi connectivity index (χ3v) is 3.78. The molecule has 0 aliphatic rings. The molecule has 110 valence electrons. The minimum absolute atomic E-state index is 0.205. The second kappa shape index (κ2) is 5.66. The van der Waals surface area contributed by atoms with Crippen LogP contribution in [0.25, 0.3) is 0 Å². The zero-order valence-corrected chi connectivity index (χ0v) is 11.5. The van der Waals surface area contributed by atoms with Crippen molar-refractivity contribution in [2.24, 2.45) is 0 Å². The van der Waals surface area contributed by atoms with Crippen LogP contribution in [-0.4, -0.2) is 35.6 Å². The van der Waals surface area contributed by atoms with Crippen LogP contribution in [0.15, 0.2) is 35.5 Å². The van der Waals surface area contributed by atoms with Gasteiger partial charge in [-0.05, 0) is 12.1 Å². The first-order chi connectivity index (χ1) is 9.94. The van der Waals surface area contributed by atoms with E-state index in [2.05, 4.69) is 25.2 Å². The molecule has 1 heterocycles. The number of hydrogen-bond donors (Lipinski definition) is 2. The van der Waals surface area contributed by atoms with Crippen LogP contribution in [0.4, 0.5) is 17.3 Å². The molecule has 10 nitrogen and oxygen atoms in total. The monoisotopic (exact) mass is 310 g/mol. The van der Waals surface area contributed by atoms with E-state index in [1.165, 1.54) is 31.6 Å². The van der Waals surface area contributed by atoms with Crippen LogP contribution in [0.1, 0.15) is 0 Å². The van der Waals surface area contributed by atoms with Gasteiger partial charge in [0, 0.05) is 13.1 Å². The van der Waals surface area contributed by atoms with Crippen LogP contribution in [0, 0.1) is 10.1 Å². The number of hydrogen-bond acceptors (Lipinski definition) is 8. The molecule has 0 radical (unpaired) electrons. The summed E-state index contributed by atoms with van der Waals surface area (Å²) >= 11 is 0. The van der Waals surface area contributed by atoms with Gasteiger partial charge in [0.15, 0.2) is 0 Å². The van der Waals surface area contributed by atoms with E-state index in [9.17, 15) is 18.5 Å². The molecule has 0 atom stereocenters. The summed E-state index contributed by atoms with van der Waals surface area (Å²) in [7, 11) is -2.54. The summed E-state index contributed by atoms with van der Waals surface area (Å²) in [5.74, 6) is -0.224. The van der Waals surface area contributed by atoms with Crippen molar-refractivity contribution in [3.8, 4) is 0 Å². The molecule has 1 aromatic carbocycles. The number of benzene rings is 1. The van der Waals surface area contributed by atoms with Gasteiger partial charge in [-0.15, -0.1) is 5.10 Å². The third kappa shape index (κ3) is 3.20. The molecule has 0 amide bonds. The fourth-order valence-electron chi connectivity index (χ4n) is 1.51. The first kappa shape index (κ1) is 14.6. The number of nitrogens with one attached hydrogen (secondary N) is 2. The number of nitrogens with zero attached hydrogens (tertiary/aromatic N) is 4. The summed E-state index contributed by atoms with van der Waals surface area (Å²) < 4.78 is 26.3. The summed E-state index contributed by atoms with van der Waals surface area (Å²) in [5.41, 5.74) is -0.149. The van der Waals surface area contributed by atoms with E-state index in [0.29, 0.717) is 0 Å². The molecule has 0 saturated heterocycles. The lowest BCUT2D eigenvalue weighted by atomic mass is 10.3. The molecular formula is C10H10N6O4S. The molecule has 0 unspecified atom stereocenters. The second-order valence-corrected chi connectivity index (χ2v) is 5.44. The van der Waals surface area contributed by atoms with E-state index in [0.717, 1.165) is 6.07 Å². The Morgan fingerprint density at radius 2 is 2.05 bits per heavy atom. The maximum Gasteiger partial charge on any atom is 0.293 e. The highest BCUT2D eigenvalue weighted by molar-refractivity contribution is 7.92. The Kier molecular flexibility index (Phi) is 3.93. The van der Waals surface area contributed by atoms with Crippen LogP contribution in [0.5, 0.6) is 0 Å². The van der Waals surface area contributed by atoms with Crippen LogP contribution < -0.4 is 10.0 Å². The van der Waals surface area contributed by atoms with Gasteiger partial charge in [-0.25, -0.2) is 18.1 Å². The van der Waals surface area contributed by atoms with Gasteiger partial charge in [0.25, 0.3) is 21.7 Å². The van der Waals surface area contributed by atoms with Crippen molar-refractivity contribution in [3.63, 3.8) is 0 Å². The van der Waals surface area contributed by atoms with Gasteiger partial charge in [-0.2, -0.15) is 5.10 Å². The first-order valence-corrected chi connectivity index (χ1v) is 7.05. The summed E-state index contributed by atoms with van der Waals surface area (Å²) in [6.45, 7) is 0. The van der Waals surface area contributed by atoms with E-state index in [1.54, 1.807) is 0 Å². The fraction of sp³-hybridized carbons (Fsp3) is 0.100. The highest BCUT2D eigenvalue weighted by atomic mass is 32.2. The van der Waals surface area contributed by atoms with E-state index in [4.69, 9.17) is 0 Å². The summed E-state index contributed by atoms with van der Waals surface area (Å²) in [4.78, 5) is 13.7. The van der Waals surface area contributed by atoms with E-state index in [-0.39, 0.29) is 22.2 Å². The van der Waals surface area contributed by atoms with E-state index in [1.807, 2.05) is 0 Å². The normalized spacial score (nSPS) is 10.9. The average molecular weight is 310 g/mol. The van der Waals surface area contributed by atoms with Gasteiger partial charge in [0.1, 0.15) is 5.69 Å². The molecule has 0 aliphatic heterocycles. The maximum absolute atomic E-state index is 12.1. The van der Waals surface area contributed by atoms with Crippen molar-refractivity contribution in [2.45, 2.75) is 4.90 Å². The van der Waals surface area contributed by atoms with Crippen molar-refractivity contribution in [1.82, 2.24) is 15.2 Å². The van der Waals surface area contributed by atoms with E-state index >= 15 is 0 Å². The van der Waals surface area contributed by atoms with Crippen LogP contribution in [-0.2, 0) is 10.0 Å². The van der Waals surface area contributed by atoms with Crippen molar-refractivity contribution in [3.05, 3.63) is 40.7 Å². The van der Waals surface area contributed by atoms with Crippen LogP contribution in [0.2, 0.25) is 0 Å². The molecule has 0 spiro atoms. The Labute approximate surface area is 119 Å². The molecule has 1 aromatic heterocycles. The fourth-order valence-corrected chi connectivity index (χ4v) is 2.48. The molecule has 2 aromatic rings. The lowest BCUT2D eigenvalue weighted by Gasteiger charge is -2.07. The van der Waals surface area contributed by atoms with Crippen LogP contribution >= 0.6 is 0 Å². The predicted molar refractivity (Wildman–Crippen MR) is 73.3 cm³/mol. The van der Waals surface area contributed by atoms with E-state index < -0.39 is 14.9 Å². The van der Waals surface area contributed by atoms with Gasteiger partial charge < -0.3 is 5.32 Å². The topological polar surface area (TPSA) is 140 Å². The Bertz CT molecular complexity index is 764. The standard InChI is InChI=1S/C10H10N6O4S/c1-11-8-3-2-7(6-9(8)16(17)18)21(19,20)15-10-12-4-5-13-14-10/h2-6,11H,1H3,(H,12,14,15). The summed E-state index contributed by atoms with van der Waals surface area (Å²) in [5, 5.41) is 20.5. The van der Waals surface area contributed by atoms with Crippen LogP contribution in [0.3, 0.4) is 0 Å². The number of rotatable bonds is 5. The Hall–Kier alpha value is -2.82. The average Bonchev–Trinajstić information content (AvgIpc) is 2.47. The molecule has 21 heavy (non-hydrogen) atoms. The quantitative estimate of drug-likeness (QED) is 0.605. The third-order valence-electron chi connectivity index (χ3n) is 2.45. The SMILES string of the molecule is CNc1ccc(S(=O)(=O)Nc2nccnn2)cc1[N+](=O)[O-].